The van der Waals surface area contributed by atoms with Gasteiger partial charge in [-0.05, 0) is 0 Å². The summed E-state index contributed by atoms with van der Waals surface area (Å²) < 4.78 is 2.81. The van der Waals surface area contributed by atoms with E-state index in [9.17, 15) is 9.59 Å². The Morgan fingerprint density at radius 2 is 2.06 bits per heavy atom. The molecule has 0 saturated carbocycles. The van der Waals surface area contributed by atoms with Crippen LogP contribution in [0.3, 0.4) is 0 Å². The maximum atomic E-state index is 11.7. The molecule has 8 heteroatoms. The van der Waals surface area contributed by atoms with Crippen LogP contribution in [0.1, 0.15) is 0 Å². The summed E-state index contributed by atoms with van der Waals surface area (Å²) in [6.07, 6.45) is 0. The number of H-pyrrole nitrogens is 1. The molecule has 0 aromatic carbocycles. The summed E-state index contributed by atoms with van der Waals surface area (Å²) in [5.41, 5.74) is -0.362. The maximum Gasteiger partial charge on any atom is 0.329 e. The monoisotopic (exact) mass is 239 g/mol. The largest absolute Gasteiger partial charge is 0.395 e. The highest BCUT2D eigenvalue weighted by molar-refractivity contribution is 5.73. The number of nitrogens with one attached hydrogen (secondary N) is 2. The molecule has 17 heavy (non-hydrogen) atoms. The smallest absolute Gasteiger partial charge is 0.329 e. The Morgan fingerprint density at radius 1 is 1.35 bits per heavy atom. The Hall–Kier alpha value is -2.09. The summed E-state index contributed by atoms with van der Waals surface area (Å²) >= 11 is 0. The van der Waals surface area contributed by atoms with Crippen LogP contribution in [0.15, 0.2) is 9.59 Å². The highest BCUT2D eigenvalue weighted by atomic mass is 16.3. The summed E-state index contributed by atoms with van der Waals surface area (Å²) in [4.78, 5) is 29.4. The van der Waals surface area contributed by atoms with Crippen LogP contribution in [0.4, 0.5) is 5.95 Å². The van der Waals surface area contributed by atoms with E-state index in [4.69, 9.17) is 5.11 Å². The molecule has 0 aliphatic heterocycles. The standard InChI is InChI=1S/C9H13N5O3/c1-13-5-6(11-8(13)10-3-4-15)14(2)9(17)12-7(5)16/h15H,3-4H2,1-2H3,(H,10,11)(H,12,16,17). The van der Waals surface area contributed by atoms with Gasteiger partial charge in [0.05, 0.1) is 6.61 Å². The lowest BCUT2D eigenvalue weighted by molar-refractivity contribution is 0.310. The first-order valence-corrected chi connectivity index (χ1v) is 5.06. The molecule has 2 aromatic heterocycles. The third-order valence-corrected chi connectivity index (χ3v) is 2.53. The quantitative estimate of drug-likeness (QED) is 0.596. The molecule has 92 valence electrons. The number of rotatable bonds is 3. The van der Waals surface area contributed by atoms with Gasteiger partial charge in [-0.2, -0.15) is 4.98 Å². The molecule has 0 saturated heterocycles. The van der Waals surface area contributed by atoms with Crippen molar-refractivity contribution in [1.82, 2.24) is 19.1 Å². The second kappa shape index (κ2) is 4.06. The van der Waals surface area contributed by atoms with Crippen LogP contribution in [-0.2, 0) is 14.1 Å². The van der Waals surface area contributed by atoms with Crippen molar-refractivity contribution in [2.75, 3.05) is 18.5 Å². The van der Waals surface area contributed by atoms with E-state index in [0.717, 1.165) is 0 Å². The van der Waals surface area contributed by atoms with E-state index in [-0.39, 0.29) is 6.61 Å². The molecule has 0 unspecified atom stereocenters. The lowest BCUT2D eigenvalue weighted by atomic mass is 10.5. The zero-order chi connectivity index (χ0) is 12.6. The van der Waals surface area contributed by atoms with Crippen LogP contribution in [-0.4, -0.2) is 37.4 Å². The number of nitrogens with zero attached hydrogens (tertiary/aromatic N) is 3. The first-order chi connectivity index (χ1) is 8.06. The van der Waals surface area contributed by atoms with E-state index in [2.05, 4.69) is 15.3 Å². The van der Waals surface area contributed by atoms with Gasteiger partial charge in [0.2, 0.25) is 5.95 Å². The SMILES string of the molecule is Cn1c(NCCO)nc2c1c(=O)[nH]c(=O)n2C. The highest BCUT2D eigenvalue weighted by Crippen LogP contribution is 2.11. The minimum Gasteiger partial charge on any atom is -0.395 e. The van der Waals surface area contributed by atoms with Crippen molar-refractivity contribution < 1.29 is 5.11 Å². The fourth-order valence-corrected chi connectivity index (χ4v) is 1.63. The number of aliphatic hydroxyl groups excluding tert-OH is 1. The number of aryl methyl sites for hydroxylation is 2. The van der Waals surface area contributed by atoms with Crippen LogP contribution < -0.4 is 16.6 Å². The van der Waals surface area contributed by atoms with Crippen LogP contribution in [0, 0.1) is 0 Å². The molecule has 0 atom stereocenters. The van der Waals surface area contributed by atoms with Gasteiger partial charge in [0.15, 0.2) is 11.2 Å². The molecule has 2 heterocycles. The maximum absolute atomic E-state index is 11.7. The normalized spacial score (nSPS) is 11.0. The third kappa shape index (κ3) is 1.72. The Balaban J connectivity index is 2.73. The number of imidazole rings is 1. The van der Waals surface area contributed by atoms with Gasteiger partial charge in [-0.3, -0.25) is 14.3 Å². The summed E-state index contributed by atoms with van der Waals surface area (Å²) in [6.45, 7) is 0.279. The molecular weight excluding hydrogens is 226 g/mol. The third-order valence-electron chi connectivity index (χ3n) is 2.53. The first kappa shape index (κ1) is 11.4. The zero-order valence-electron chi connectivity index (χ0n) is 9.52. The molecule has 0 bridgehead atoms. The van der Waals surface area contributed by atoms with Crippen molar-refractivity contribution in [3.05, 3.63) is 20.8 Å². The van der Waals surface area contributed by atoms with Crippen molar-refractivity contribution in [2.24, 2.45) is 14.1 Å². The highest BCUT2D eigenvalue weighted by Gasteiger charge is 2.13. The lowest BCUT2D eigenvalue weighted by Crippen LogP contribution is -2.29. The van der Waals surface area contributed by atoms with Gasteiger partial charge in [0, 0.05) is 20.6 Å². The Labute approximate surface area is 95.5 Å². The minimum atomic E-state index is -0.505. The molecule has 0 radical (unpaired) electrons. The zero-order valence-corrected chi connectivity index (χ0v) is 9.52. The van der Waals surface area contributed by atoms with Gasteiger partial charge in [-0.1, -0.05) is 0 Å². The molecule has 2 rings (SSSR count). The minimum absolute atomic E-state index is 0.0432. The number of aliphatic hydroxyl groups is 1. The van der Waals surface area contributed by atoms with Crippen molar-refractivity contribution in [1.29, 1.82) is 0 Å². The van der Waals surface area contributed by atoms with Gasteiger partial charge >= 0.3 is 5.69 Å². The van der Waals surface area contributed by atoms with Crippen molar-refractivity contribution in [3.63, 3.8) is 0 Å². The molecular formula is C9H13N5O3. The van der Waals surface area contributed by atoms with Crippen LogP contribution in [0.2, 0.25) is 0 Å². The summed E-state index contributed by atoms with van der Waals surface area (Å²) in [7, 11) is 3.19. The second-order valence-electron chi connectivity index (χ2n) is 3.64. The van der Waals surface area contributed by atoms with Gasteiger partial charge < -0.3 is 15.0 Å². The van der Waals surface area contributed by atoms with Crippen molar-refractivity contribution >= 4 is 17.1 Å². The molecule has 3 N–H and O–H groups in total. The number of fused-ring (bicyclic) bond motifs is 1. The number of anilines is 1. The molecule has 2 aromatic rings. The van der Waals surface area contributed by atoms with Gasteiger partial charge in [-0.15, -0.1) is 0 Å². The summed E-state index contributed by atoms with van der Waals surface area (Å²) in [5.74, 6) is 0.431. The summed E-state index contributed by atoms with van der Waals surface area (Å²) in [6, 6.07) is 0. The lowest BCUT2D eigenvalue weighted by Gasteiger charge is -2.02. The van der Waals surface area contributed by atoms with Gasteiger partial charge in [0.25, 0.3) is 5.56 Å². The fraction of sp³-hybridized carbons (Fsp3) is 0.444. The average Bonchev–Trinajstić information content (AvgIpc) is 2.61. The first-order valence-electron chi connectivity index (χ1n) is 5.06. The van der Waals surface area contributed by atoms with Crippen LogP contribution in [0.25, 0.3) is 11.2 Å². The Morgan fingerprint density at radius 3 is 2.71 bits per heavy atom. The summed E-state index contributed by atoms with van der Waals surface area (Å²) in [5, 5.41) is 11.6. The average molecular weight is 239 g/mol. The van der Waals surface area contributed by atoms with E-state index in [1.807, 2.05) is 0 Å². The Bertz CT molecular complexity index is 666. The Kier molecular flexibility index (Phi) is 2.72. The molecule has 0 amide bonds. The van der Waals surface area contributed by atoms with Crippen LogP contribution in [0.5, 0.6) is 0 Å². The molecule has 8 nitrogen and oxygen atoms in total. The topological polar surface area (TPSA) is 105 Å². The van der Waals surface area contributed by atoms with E-state index >= 15 is 0 Å². The molecule has 0 aliphatic rings. The van der Waals surface area contributed by atoms with Crippen molar-refractivity contribution in [2.45, 2.75) is 0 Å². The predicted molar refractivity (Wildman–Crippen MR) is 62.2 cm³/mol. The van der Waals surface area contributed by atoms with E-state index in [1.54, 1.807) is 11.6 Å². The fourth-order valence-electron chi connectivity index (χ4n) is 1.63. The van der Waals surface area contributed by atoms with Crippen molar-refractivity contribution in [3.8, 4) is 0 Å². The predicted octanol–water partition coefficient (Wildman–Crippen LogP) is -1.64. The van der Waals surface area contributed by atoms with Crippen LogP contribution >= 0.6 is 0 Å². The number of aromatic amines is 1. The molecule has 0 aliphatic carbocycles. The molecule has 0 spiro atoms. The van der Waals surface area contributed by atoms with E-state index < -0.39 is 11.2 Å². The van der Waals surface area contributed by atoms with Gasteiger partial charge in [0.1, 0.15) is 0 Å². The number of hydrogen-bond donors (Lipinski definition) is 3. The second-order valence-corrected chi connectivity index (χ2v) is 3.64. The van der Waals surface area contributed by atoms with E-state index in [0.29, 0.717) is 23.7 Å². The number of aromatic nitrogens is 4. The molecule has 0 fully saturated rings. The van der Waals surface area contributed by atoms with E-state index in [1.165, 1.54) is 11.6 Å². The number of hydrogen-bond acceptors (Lipinski definition) is 5. The van der Waals surface area contributed by atoms with Gasteiger partial charge in [-0.25, -0.2) is 4.79 Å².